The van der Waals surface area contributed by atoms with Crippen LogP contribution < -0.4 is 5.32 Å². The summed E-state index contributed by atoms with van der Waals surface area (Å²) in [4.78, 5) is 24.9. The lowest BCUT2D eigenvalue weighted by atomic mass is 9.85. The Morgan fingerprint density at radius 1 is 1.59 bits per heavy atom. The third-order valence-corrected chi connectivity index (χ3v) is 3.45. The molecular weight excluding hydrogens is 220 g/mol. The van der Waals surface area contributed by atoms with Crippen LogP contribution in [0.2, 0.25) is 0 Å². The highest BCUT2D eigenvalue weighted by atomic mass is 16.5. The van der Waals surface area contributed by atoms with Crippen molar-refractivity contribution in [1.82, 2.24) is 10.2 Å². The van der Waals surface area contributed by atoms with Gasteiger partial charge in [0, 0.05) is 39.1 Å². The molecule has 2 heterocycles. The smallest absolute Gasteiger partial charge is 0.254 e. The van der Waals surface area contributed by atoms with Crippen molar-refractivity contribution in [2.24, 2.45) is 0 Å². The van der Waals surface area contributed by atoms with Crippen LogP contribution >= 0.6 is 0 Å². The zero-order chi connectivity index (χ0) is 12.4. The topological polar surface area (TPSA) is 58.6 Å². The third kappa shape index (κ3) is 2.12. The van der Waals surface area contributed by atoms with Crippen LogP contribution in [0.3, 0.4) is 0 Å². The zero-order valence-corrected chi connectivity index (χ0v) is 10.0. The Labute approximate surface area is 101 Å². The van der Waals surface area contributed by atoms with Crippen molar-refractivity contribution in [3.05, 3.63) is 12.7 Å². The van der Waals surface area contributed by atoms with E-state index in [9.17, 15) is 9.59 Å². The summed E-state index contributed by atoms with van der Waals surface area (Å²) in [5.41, 5.74) is 0. The molecule has 2 aliphatic heterocycles. The van der Waals surface area contributed by atoms with Gasteiger partial charge in [-0.1, -0.05) is 6.08 Å². The number of amides is 1. The number of carbonyl (C=O) groups is 2. The zero-order valence-electron chi connectivity index (χ0n) is 10.0. The molecule has 0 bridgehead atoms. The first-order valence-electron chi connectivity index (χ1n) is 5.88. The van der Waals surface area contributed by atoms with E-state index in [2.05, 4.69) is 11.9 Å². The molecule has 3 atom stereocenters. The summed E-state index contributed by atoms with van der Waals surface area (Å²) < 4.78 is 5.20. The number of carbonyl (C=O) groups excluding carboxylic acids is 2. The van der Waals surface area contributed by atoms with Crippen molar-refractivity contribution in [1.29, 1.82) is 0 Å². The van der Waals surface area contributed by atoms with Gasteiger partial charge in [-0.2, -0.15) is 0 Å². The van der Waals surface area contributed by atoms with Crippen LogP contribution in [0.25, 0.3) is 0 Å². The van der Waals surface area contributed by atoms with Crippen LogP contribution in [0.4, 0.5) is 0 Å². The highest BCUT2D eigenvalue weighted by Crippen LogP contribution is 2.28. The predicted molar refractivity (Wildman–Crippen MR) is 62.5 cm³/mol. The van der Waals surface area contributed by atoms with Gasteiger partial charge in [-0.05, 0) is 0 Å². The van der Waals surface area contributed by atoms with Gasteiger partial charge in [0.2, 0.25) is 0 Å². The fraction of sp³-hybridized carbons (Fsp3) is 0.667. The molecule has 0 aliphatic carbocycles. The Bertz CT molecular complexity index is 343. The number of likely N-dealkylation sites (tertiary alicyclic amines) is 1. The number of piperidine rings is 1. The molecule has 2 fully saturated rings. The van der Waals surface area contributed by atoms with Crippen LogP contribution in [0.5, 0.6) is 0 Å². The number of ether oxygens (including phenoxy) is 1. The first-order chi connectivity index (χ1) is 8.19. The van der Waals surface area contributed by atoms with Gasteiger partial charge in [0.25, 0.3) is 5.91 Å². The molecule has 0 aromatic carbocycles. The van der Waals surface area contributed by atoms with Gasteiger partial charge in [-0.3, -0.25) is 9.59 Å². The standard InChI is InChI=1S/C12H18N2O3/c1-3-6-14-10(11(17-2)12(14)16)9-7-8(15)4-5-13-9/h3,9-11,13H,1,4-7H2,2H3/t9-,10+,11-/m1/s1. The number of Topliss-reactive ketones (excluding diaryl/α,β-unsaturated/α-hetero) is 1. The maximum atomic E-state index is 11.8. The molecule has 0 aromatic heterocycles. The molecule has 0 radical (unpaired) electrons. The van der Waals surface area contributed by atoms with Gasteiger partial charge in [0.1, 0.15) is 5.78 Å². The molecule has 0 unspecified atom stereocenters. The summed E-state index contributed by atoms with van der Waals surface area (Å²) in [6.45, 7) is 4.84. The number of β-lactam (4-membered cyclic amide) rings is 1. The molecule has 0 aromatic rings. The van der Waals surface area contributed by atoms with E-state index in [1.807, 2.05) is 0 Å². The summed E-state index contributed by atoms with van der Waals surface area (Å²) in [6, 6.07) is -0.0337. The van der Waals surface area contributed by atoms with E-state index in [-0.39, 0.29) is 23.8 Å². The molecular formula is C12H18N2O3. The summed E-state index contributed by atoms with van der Waals surface area (Å²) >= 11 is 0. The van der Waals surface area contributed by atoms with E-state index in [1.165, 1.54) is 7.11 Å². The Balaban J connectivity index is 2.07. The maximum Gasteiger partial charge on any atom is 0.254 e. The van der Waals surface area contributed by atoms with E-state index in [4.69, 9.17) is 4.74 Å². The van der Waals surface area contributed by atoms with Gasteiger partial charge >= 0.3 is 0 Å². The first-order valence-corrected chi connectivity index (χ1v) is 5.88. The lowest BCUT2D eigenvalue weighted by molar-refractivity contribution is -0.172. The van der Waals surface area contributed by atoms with Gasteiger partial charge < -0.3 is 15.0 Å². The monoisotopic (exact) mass is 238 g/mol. The molecule has 5 nitrogen and oxygen atoms in total. The van der Waals surface area contributed by atoms with Crippen LogP contribution in [-0.4, -0.2) is 55.0 Å². The molecule has 2 rings (SSSR count). The van der Waals surface area contributed by atoms with E-state index >= 15 is 0 Å². The number of nitrogens with zero attached hydrogens (tertiary/aromatic N) is 1. The second-order valence-corrected chi connectivity index (χ2v) is 4.48. The molecule has 94 valence electrons. The number of ketones is 1. The number of rotatable bonds is 4. The van der Waals surface area contributed by atoms with Gasteiger partial charge in [-0.15, -0.1) is 6.58 Å². The Morgan fingerprint density at radius 2 is 2.35 bits per heavy atom. The Hall–Kier alpha value is -1.20. The summed E-state index contributed by atoms with van der Waals surface area (Å²) in [5.74, 6) is 0.235. The largest absolute Gasteiger partial charge is 0.369 e. The number of methoxy groups -OCH3 is 1. The second-order valence-electron chi connectivity index (χ2n) is 4.48. The fourth-order valence-electron chi connectivity index (χ4n) is 2.61. The second kappa shape index (κ2) is 4.98. The van der Waals surface area contributed by atoms with Crippen molar-refractivity contribution in [3.8, 4) is 0 Å². The number of hydrogen-bond donors (Lipinski definition) is 1. The van der Waals surface area contributed by atoms with Crippen molar-refractivity contribution < 1.29 is 14.3 Å². The van der Waals surface area contributed by atoms with Crippen molar-refractivity contribution in [2.45, 2.75) is 31.0 Å². The lowest BCUT2D eigenvalue weighted by Gasteiger charge is -2.50. The highest BCUT2D eigenvalue weighted by Gasteiger charge is 2.51. The average Bonchev–Trinajstić information content (AvgIpc) is 2.32. The van der Waals surface area contributed by atoms with E-state index in [0.717, 1.165) is 0 Å². The molecule has 1 N–H and O–H groups in total. The van der Waals surface area contributed by atoms with Crippen molar-refractivity contribution in [2.75, 3.05) is 20.2 Å². The average molecular weight is 238 g/mol. The Morgan fingerprint density at radius 3 is 2.94 bits per heavy atom. The summed E-state index contributed by atoms with van der Waals surface area (Å²) in [5, 5.41) is 3.30. The first kappa shape index (κ1) is 12.3. The quantitative estimate of drug-likeness (QED) is 0.540. The van der Waals surface area contributed by atoms with E-state index in [1.54, 1.807) is 11.0 Å². The molecule has 2 saturated heterocycles. The minimum absolute atomic E-state index is 0.0128. The van der Waals surface area contributed by atoms with Crippen LogP contribution in [0, 0.1) is 0 Å². The van der Waals surface area contributed by atoms with E-state index in [0.29, 0.717) is 25.9 Å². The molecule has 1 amide bonds. The van der Waals surface area contributed by atoms with Gasteiger partial charge in [0.15, 0.2) is 6.10 Å². The van der Waals surface area contributed by atoms with Crippen LogP contribution in [-0.2, 0) is 14.3 Å². The van der Waals surface area contributed by atoms with Gasteiger partial charge in [-0.25, -0.2) is 0 Å². The molecule has 0 spiro atoms. The summed E-state index contributed by atoms with van der Waals surface area (Å²) in [7, 11) is 1.53. The number of nitrogens with one attached hydrogen (secondary N) is 1. The highest BCUT2D eigenvalue weighted by molar-refractivity contribution is 5.89. The van der Waals surface area contributed by atoms with Crippen LogP contribution in [0.1, 0.15) is 12.8 Å². The normalized spacial score (nSPS) is 33.5. The SMILES string of the molecule is C=CCN1C(=O)[C@H](OC)[C@@H]1[C@H]1CC(=O)CCN1. The fourth-order valence-corrected chi connectivity index (χ4v) is 2.61. The third-order valence-electron chi connectivity index (χ3n) is 3.45. The molecule has 17 heavy (non-hydrogen) atoms. The van der Waals surface area contributed by atoms with E-state index < -0.39 is 6.10 Å². The van der Waals surface area contributed by atoms with Crippen molar-refractivity contribution in [3.63, 3.8) is 0 Å². The summed E-state index contributed by atoms with van der Waals surface area (Å²) in [6.07, 6.45) is 2.33. The lowest BCUT2D eigenvalue weighted by Crippen LogP contribution is -2.72. The van der Waals surface area contributed by atoms with Gasteiger partial charge in [0.05, 0.1) is 6.04 Å². The molecule has 2 aliphatic rings. The Kier molecular flexibility index (Phi) is 3.59. The molecule has 0 saturated carbocycles. The van der Waals surface area contributed by atoms with Crippen LogP contribution in [0.15, 0.2) is 12.7 Å². The van der Waals surface area contributed by atoms with Crippen molar-refractivity contribution >= 4 is 11.7 Å². The number of hydrogen-bond acceptors (Lipinski definition) is 4. The minimum atomic E-state index is -0.418. The molecule has 5 heteroatoms. The minimum Gasteiger partial charge on any atom is -0.369 e. The predicted octanol–water partition coefficient (Wildman–Crippen LogP) is -0.281. The maximum absolute atomic E-state index is 11.8.